The van der Waals surface area contributed by atoms with Crippen molar-refractivity contribution in [2.45, 2.75) is 13.8 Å². The molecule has 1 aromatic heterocycles. The molecule has 0 aromatic carbocycles. The molecule has 1 aromatic rings. The number of nitrogens with one attached hydrogen (secondary N) is 1. The van der Waals surface area contributed by atoms with Crippen LogP contribution in [-0.4, -0.2) is 10.9 Å². The Balaban J connectivity index is 2.49. The van der Waals surface area contributed by atoms with Crippen molar-refractivity contribution in [1.29, 1.82) is 0 Å². The second-order valence-electron chi connectivity index (χ2n) is 2.67. The Bertz CT molecular complexity index is 366. The van der Waals surface area contributed by atoms with Gasteiger partial charge in [-0.3, -0.25) is 10.1 Å². The summed E-state index contributed by atoms with van der Waals surface area (Å²) in [5, 5.41) is 5.20. The summed E-state index contributed by atoms with van der Waals surface area (Å²) >= 11 is 1.42. The van der Waals surface area contributed by atoms with E-state index in [-0.39, 0.29) is 5.91 Å². The number of rotatable bonds is 3. The first-order valence-corrected chi connectivity index (χ1v) is 5.13. The van der Waals surface area contributed by atoms with E-state index in [1.54, 1.807) is 12.2 Å². The van der Waals surface area contributed by atoms with Crippen LogP contribution in [0.4, 0.5) is 5.13 Å². The highest BCUT2D eigenvalue weighted by Crippen LogP contribution is 2.13. The van der Waals surface area contributed by atoms with Crippen LogP contribution >= 0.6 is 11.3 Å². The number of amides is 1. The molecule has 0 aliphatic rings. The summed E-state index contributed by atoms with van der Waals surface area (Å²) in [5.74, 6) is -0.155. The van der Waals surface area contributed by atoms with E-state index in [0.29, 0.717) is 5.13 Å². The number of nitrogens with zero attached hydrogens (tertiary/aromatic N) is 1. The van der Waals surface area contributed by atoms with Gasteiger partial charge in [0.2, 0.25) is 5.91 Å². The van der Waals surface area contributed by atoms with E-state index in [4.69, 9.17) is 0 Å². The van der Waals surface area contributed by atoms with E-state index in [2.05, 4.69) is 10.3 Å². The van der Waals surface area contributed by atoms with E-state index < -0.39 is 0 Å². The minimum absolute atomic E-state index is 0.155. The van der Waals surface area contributed by atoms with Crippen molar-refractivity contribution in [3.63, 3.8) is 0 Å². The van der Waals surface area contributed by atoms with Crippen LogP contribution in [0, 0.1) is 6.92 Å². The maximum absolute atomic E-state index is 11.2. The molecular weight excluding hydrogens is 196 g/mol. The van der Waals surface area contributed by atoms with Gasteiger partial charge in [-0.05, 0) is 13.8 Å². The molecule has 0 aliphatic carbocycles. The van der Waals surface area contributed by atoms with Crippen LogP contribution in [0.2, 0.25) is 0 Å². The zero-order valence-corrected chi connectivity index (χ0v) is 8.97. The Hall–Kier alpha value is -1.42. The summed E-state index contributed by atoms with van der Waals surface area (Å²) in [4.78, 5) is 15.3. The zero-order valence-electron chi connectivity index (χ0n) is 8.15. The SMILES string of the molecule is C/C=C/C=C/C(=O)Nc1nc(C)cs1. The topological polar surface area (TPSA) is 42.0 Å². The molecule has 0 atom stereocenters. The van der Waals surface area contributed by atoms with E-state index in [1.807, 2.05) is 25.3 Å². The summed E-state index contributed by atoms with van der Waals surface area (Å²) in [5.41, 5.74) is 0.919. The maximum Gasteiger partial charge on any atom is 0.250 e. The van der Waals surface area contributed by atoms with Crippen molar-refractivity contribution in [3.8, 4) is 0 Å². The van der Waals surface area contributed by atoms with Crippen LogP contribution in [0.3, 0.4) is 0 Å². The first kappa shape index (κ1) is 10.7. The first-order valence-electron chi connectivity index (χ1n) is 4.25. The number of allylic oxidation sites excluding steroid dienone is 3. The fourth-order valence-electron chi connectivity index (χ4n) is 0.813. The molecule has 3 nitrogen and oxygen atoms in total. The van der Waals surface area contributed by atoms with Crippen LogP contribution in [0.1, 0.15) is 12.6 Å². The molecule has 74 valence electrons. The van der Waals surface area contributed by atoms with Crippen LogP contribution in [-0.2, 0) is 4.79 Å². The van der Waals surface area contributed by atoms with Crippen LogP contribution in [0.5, 0.6) is 0 Å². The Kier molecular flexibility index (Phi) is 4.07. The maximum atomic E-state index is 11.2. The molecule has 0 unspecified atom stereocenters. The highest BCUT2D eigenvalue weighted by atomic mass is 32.1. The van der Waals surface area contributed by atoms with Gasteiger partial charge in [0.1, 0.15) is 0 Å². The lowest BCUT2D eigenvalue weighted by Gasteiger charge is -1.93. The molecule has 4 heteroatoms. The van der Waals surface area contributed by atoms with Gasteiger partial charge in [-0.25, -0.2) is 4.98 Å². The van der Waals surface area contributed by atoms with E-state index >= 15 is 0 Å². The van der Waals surface area contributed by atoms with Crippen molar-refractivity contribution in [1.82, 2.24) is 4.98 Å². The predicted octanol–water partition coefficient (Wildman–Crippen LogP) is 2.52. The molecule has 1 heterocycles. The molecule has 1 N–H and O–H groups in total. The third-order valence-electron chi connectivity index (χ3n) is 1.40. The molecule has 14 heavy (non-hydrogen) atoms. The second-order valence-corrected chi connectivity index (χ2v) is 3.53. The lowest BCUT2D eigenvalue weighted by atomic mass is 10.4. The third kappa shape index (κ3) is 3.53. The normalized spacial score (nSPS) is 11.3. The molecule has 0 saturated carbocycles. The highest BCUT2D eigenvalue weighted by molar-refractivity contribution is 7.13. The number of aromatic nitrogens is 1. The minimum atomic E-state index is -0.155. The molecule has 0 fully saturated rings. The molecule has 0 saturated heterocycles. The molecule has 1 rings (SSSR count). The quantitative estimate of drug-likeness (QED) is 0.612. The third-order valence-corrected chi connectivity index (χ3v) is 2.28. The first-order chi connectivity index (χ1) is 6.72. The average Bonchev–Trinajstić information content (AvgIpc) is 2.52. The molecular formula is C10H12N2OS. The number of carbonyl (C=O) groups is 1. The smallest absolute Gasteiger partial charge is 0.250 e. The Morgan fingerprint density at radius 1 is 1.57 bits per heavy atom. The molecule has 0 spiro atoms. The van der Waals surface area contributed by atoms with Gasteiger partial charge < -0.3 is 0 Å². The number of anilines is 1. The van der Waals surface area contributed by atoms with Gasteiger partial charge in [-0.1, -0.05) is 18.2 Å². The van der Waals surface area contributed by atoms with Crippen molar-refractivity contribution >= 4 is 22.4 Å². The van der Waals surface area contributed by atoms with Gasteiger partial charge in [-0.15, -0.1) is 11.3 Å². The Morgan fingerprint density at radius 3 is 2.93 bits per heavy atom. The molecule has 0 bridgehead atoms. The second kappa shape index (κ2) is 5.34. The van der Waals surface area contributed by atoms with Crippen molar-refractivity contribution in [2.75, 3.05) is 5.32 Å². The van der Waals surface area contributed by atoms with Gasteiger partial charge in [0.05, 0.1) is 5.69 Å². The van der Waals surface area contributed by atoms with E-state index in [0.717, 1.165) is 5.69 Å². The summed E-state index contributed by atoms with van der Waals surface area (Å²) in [6, 6.07) is 0. The molecule has 0 radical (unpaired) electrons. The highest BCUT2D eigenvalue weighted by Gasteiger charge is 2.00. The van der Waals surface area contributed by atoms with Gasteiger partial charge in [-0.2, -0.15) is 0 Å². The predicted molar refractivity (Wildman–Crippen MR) is 59.4 cm³/mol. The summed E-state index contributed by atoms with van der Waals surface area (Å²) in [6.45, 7) is 3.79. The van der Waals surface area contributed by atoms with Gasteiger partial charge in [0.25, 0.3) is 0 Å². The number of carbonyl (C=O) groups excluding carboxylic acids is 1. The van der Waals surface area contributed by atoms with Gasteiger partial charge in [0, 0.05) is 11.5 Å². The summed E-state index contributed by atoms with van der Waals surface area (Å²) < 4.78 is 0. The fourth-order valence-corrected chi connectivity index (χ4v) is 1.50. The zero-order chi connectivity index (χ0) is 10.4. The molecule has 0 aliphatic heterocycles. The van der Waals surface area contributed by atoms with Gasteiger partial charge >= 0.3 is 0 Å². The monoisotopic (exact) mass is 208 g/mol. The summed E-state index contributed by atoms with van der Waals surface area (Å²) in [7, 11) is 0. The lowest BCUT2D eigenvalue weighted by molar-refractivity contribution is -0.111. The Labute approximate surface area is 87.2 Å². The van der Waals surface area contributed by atoms with Crippen LogP contribution in [0.15, 0.2) is 29.7 Å². The lowest BCUT2D eigenvalue weighted by Crippen LogP contribution is -2.07. The Morgan fingerprint density at radius 2 is 2.36 bits per heavy atom. The minimum Gasteiger partial charge on any atom is -0.298 e. The standard InChI is InChI=1S/C10H12N2OS/c1-3-4-5-6-9(13)12-10-11-8(2)7-14-10/h3-7H,1-2H3,(H,11,12,13)/b4-3+,6-5+. The number of hydrogen-bond acceptors (Lipinski definition) is 3. The van der Waals surface area contributed by atoms with Gasteiger partial charge in [0.15, 0.2) is 5.13 Å². The molecule has 1 amide bonds. The van der Waals surface area contributed by atoms with Crippen LogP contribution in [0.25, 0.3) is 0 Å². The fraction of sp³-hybridized carbons (Fsp3) is 0.200. The van der Waals surface area contributed by atoms with Crippen molar-refractivity contribution in [2.24, 2.45) is 0 Å². The largest absolute Gasteiger partial charge is 0.298 e. The summed E-state index contributed by atoms with van der Waals surface area (Å²) in [6.07, 6.45) is 6.82. The number of aryl methyl sites for hydroxylation is 1. The average molecular weight is 208 g/mol. The van der Waals surface area contributed by atoms with Crippen molar-refractivity contribution < 1.29 is 4.79 Å². The van der Waals surface area contributed by atoms with Crippen molar-refractivity contribution in [3.05, 3.63) is 35.4 Å². The van der Waals surface area contributed by atoms with E-state index in [9.17, 15) is 4.79 Å². The van der Waals surface area contributed by atoms with Crippen LogP contribution < -0.4 is 5.32 Å². The number of thiazole rings is 1. The number of hydrogen-bond donors (Lipinski definition) is 1. The van der Waals surface area contributed by atoms with E-state index in [1.165, 1.54) is 17.4 Å².